The van der Waals surface area contributed by atoms with Gasteiger partial charge in [-0.3, -0.25) is 4.68 Å². The maximum absolute atomic E-state index is 9.21. The van der Waals surface area contributed by atoms with Gasteiger partial charge in [-0.2, -0.15) is 10.2 Å². The van der Waals surface area contributed by atoms with Gasteiger partial charge in [0.1, 0.15) is 37.7 Å². The number of aliphatic hydroxyl groups excluding tert-OH is 1. The lowest BCUT2D eigenvalue weighted by molar-refractivity contribution is -0.190. The molecule has 0 unspecified atom stereocenters. The van der Waals surface area contributed by atoms with Crippen molar-refractivity contribution < 1.29 is 19.3 Å². The topological polar surface area (TPSA) is 96.5 Å². The molecule has 5 rings (SSSR count). The summed E-state index contributed by atoms with van der Waals surface area (Å²) in [5.41, 5.74) is 2.56. The van der Waals surface area contributed by atoms with Crippen molar-refractivity contribution in [3.05, 3.63) is 83.0 Å². The average molecular weight is 516 g/mol. The number of rotatable bonds is 9. The Morgan fingerprint density at radius 3 is 2.71 bits per heavy atom. The first kappa shape index (κ1) is 23.8. The van der Waals surface area contributed by atoms with E-state index in [-0.39, 0.29) is 25.9 Å². The van der Waals surface area contributed by atoms with E-state index in [1.807, 2.05) is 30.3 Å². The zero-order valence-electron chi connectivity index (χ0n) is 18.6. The minimum Gasteiger partial charge on any atom is -0.491 e. The molecule has 2 aromatic heterocycles. The summed E-state index contributed by atoms with van der Waals surface area (Å²) in [6.07, 6.45) is 4.42. The summed E-state index contributed by atoms with van der Waals surface area (Å²) in [4.78, 5) is 4.01. The van der Waals surface area contributed by atoms with Gasteiger partial charge in [-0.25, -0.2) is 9.67 Å². The molecule has 1 saturated heterocycles. The Labute approximate surface area is 211 Å². The highest BCUT2D eigenvalue weighted by molar-refractivity contribution is 6.35. The van der Waals surface area contributed by atoms with Crippen molar-refractivity contribution in [2.75, 3.05) is 19.8 Å². The summed E-state index contributed by atoms with van der Waals surface area (Å²) >= 11 is 12.6. The van der Waals surface area contributed by atoms with Crippen molar-refractivity contribution in [3.8, 4) is 17.0 Å². The Morgan fingerprint density at radius 2 is 1.97 bits per heavy atom. The van der Waals surface area contributed by atoms with E-state index in [1.54, 1.807) is 40.1 Å². The van der Waals surface area contributed by atoms with Gasteiger partial charge in [0.2, 0.25) is 5.79 Å². The largest absolute Gasteiger partial charge is 0.491 e. The molecule has 1 aliphatic heterocycles. The quantitative estimate of drug-likeness (QED) is 0.362. The second-order valence-electron chi connectivity index (χ2n) is 8.02. The Kier molecular flexibility index (Phi) is 7.03. The van der Waals surface area contributed by atoms with Gasteiger partial charge in [0.25, 0.3) is 0 Å². The monoisotopic (exact) mass is 515 g/mol. The molecule has 0 aliphatic carbocycles. The molecule has 1 fully saturated rings. The molecule has 0 saturated carbocycles. The molecule has 11 heteroatoms. The van der Waals surface area contributed by atoms with Crippen LogP contribution in [0.25, 0.3) is 11.3 Å². The van der Waals surface area contributed by atoms with Crippen LogP contribution in [0, 0.1) is 0 Å². The van der Waals surface area contributed by atoms with E-state index in [2.05, 4.69) is 15.2 Å². The number of benzene rings is 2. The zero-order valence-corrected chi connectivity index (χ0v) is 20.1. The summed E-state index contributed by atoms with van der Waals surface area (Å²) in [6.45, 7) is 1.33. The summed E-state index contributed by atoms with van der Waals surface area (Å²) in [5, 5.41) is 18.6. The van der Waals surface area contributed by atoms with Crippen molar-refractivity contribution in [1.29, 1.82) is 0 Å². The van der Waals surface area contributed by atoms with Crippen molar-refractivity contribution >= 4 is 23.2 Å². The molecule has 1 N–H and O–H groups in total. The van der Waals surface area contributed by atoms with E-state index in [1.165, 1.54) is 6.33 Å². The molecule has 182 valence electrons. The lowest BCUT2D eigenvalue weighted by atomic mass is 10.1. The van der Waals surface area contributed by atoms with E-state index in [9.17, 15) is 5.11 Å². The molecule has 2 aromatic carbocycles. The number of hydrogen-bond acceptors (Lipinski definition) is 7. The zero-order chi connectivity index (χ0) is 24.3. The van der Waals surface area contributed by atoms with Gasteiger partial charge in [-0.15, -0.1) is 0 Å². The van der Waals surface area contributed by atoms with Crippen LogP contribution in [-0.2, 0) is 28.4 Å². The molecular formula is C24H23Cl2N5O4. The molecule has 1 aliphatic rings. The molecule has 4 aromatic rings. The van der Waals surface area contributed by atoms with Gasteiger partial charge in [0.15, 0.2) is 0 Å². The van der Waals surface area contributed by atoms with E-state index in [0.717, 1.165) is 11.3 Å². The Bertz CT molecular complexity index is 1270. The van der Waals surface area contributed by atoms with Crippen LogP contribution in [0.3, 0.4) is 0 Å². The Morgan fingerprint density at radius 1 is 1.11 bits per heavy atom. The molecule has 9 nitrogen and oxygen atoms in total. The van der Waals surface area contributed by atoms with Crippen LogP contribution in [0.4, 0.5) is 0 Å². The number of aliphatic hydroxyl groups is 1. The Balaban J connectivity index is 1.28. The van der Waals surface area contributed by atoms with Crippen LogP contribution in [0.2, 0.25) is 10.0 Å². The number of halogens is 2. The first-order chi connectivity index (χ1) is 17.1. The van der Waals surface area contributed by atoms with Gasteiger partial charge in [0.05, 0.1) is 30.5 Å². The molecular weight excluding hydrogens is 493 g/mol. The Hall–Kier alpha value is -2.95. The molecule has 0 bridgehead atoms. The van der Waals surface area contributed by atoms with E-state index < -0.39 is 5.79 Å². The molecule has 35 heavy (non-hydrogen) atoms. The fourth-order valence-electron chi connectivity index (χ4n) is 4.04. The van der Waals surface area contributed by atoms with Crippen LogP contribution >= 0.6 is 23.2 Å². The normalized spacial score (nSPS) is 19.8. The summed E-state index contributed by atoms with van der Waals surface area (Å²) in [5.74, 6) is -0.456. The lowest BCUT2D eigenvalue weighted by Gasteiger charge is -2.29. The van der Waals surface area contributed by atoms with Crippen LogP contribution in [0.5, 0.6) is 5.75 Å². The minimum absolute atomic E-state index is 0.0268. The van der Waals surface area contributed by atoms with E-state index >= 15 is 0 Å². The van der Waals surface area contributed by atoms with Crippen LogP contribution < -0.4 is 4.74 Å². The fraction of sp³-hybridized carbons (Fsp3) is 0.292. The molecule has 0 spiro atoms. The van der Waals surface area contributed by atoms with Gasteiger partial charge in [-0.1, -0.05) is 29.3 Å². The van der Waals surface area contributed by atoms with Crippen molar-refractivity contribution in [3.63, 3.8) is 0 Å². The van der Waals surface area contributed by atoms with Gasteiger partial charge in [-0.05, 0) is 42.5 Å². The van der Waals surface area contributed by atoms with Crippen molar-refractivity contribution in [1.82, 2.24) is 24.5 Å². The smallest absolute Gasteiger partial charge is 0.217 e. The summed E-state index contributed by atoms with van der Waals surface area (Å²) < 4.78 is 21.9. The molecule has 0 radical (unpaired) electrons. The van der Waals surface area contributed by atoms with Crippen LogP contribution in [-0.4, -0.2) is 55.6 Å². The van der Waals surface area contributed by atoms with Crippen LogP contribution in [0.15, 0.2) is 67.4 Å². The maximum atomic E-state index is 9.21. The highest BCUT2D eigenvalue weighted by Gasteiger charge is 2.45. The predicted octanol–water partition coefficient (Wildman–Crippen LogP) is 3.79. The first-order valence-electron chi connectivity index (χ1n) is 11.0. The third kappa shape index (κ3) is 5.19. The number of hydrogen-bond donors (Lipinski definition) is 1. The number of aromatic nitrogens is 5. The first-order valence-corrected chi connectivity index (χ1v) is 11.8. The minimum atomic E-state index is -1.15. The number of ether oxygens (including phenoxy) is 3. The predicted molar refractivity (Wildman–Crippen MR) is 129 cm³/mol. The fourth-order valence-corrected chi connectivity index (χ4v) is 4.60. The van der Waals surface area contributed by atoms with E-state index in [0.29, 0.717) is 34.5 Å². The highest BCUT2D eigenvalue weighted by atomic mass is 35.5. The van der Waals surface area contributed by atoms with Crippen LogP contribution in [0.1, 0.15) is 5.56 Å². The summed E-state index contributed by atoms with van der Waals surface area (Å²) in [6, 6.07) is 14.8. The number of nitrogens with zero attached hydrogens (tertiary/aromatic N) is 5. The standard InChI is InChI=1S/C24H23Cl2N5O4/c25-18-3-6-21(22(26)11-18)24(14-30-16-27-15-29-30)34-13-20(35-24)12-33-19-4-1-17(2-5-19)23-7-8-28-31(23)9-10-32/h1-8,11,15-16,20,32H,9-10,12-14H2/t20-,24+/m0/s1. The SMILES string of the molecule is OCCn1nccc1-c1ccc(OC[C@H]2CO[C@@](Cn3cncn3)(c3ccc(Cl)cc3Cl)O2)cc1. The molecule has 2 atom stereocenters. The van der Waals surface area contributed by atoms with E-state index in [4.69, 9.17) is 37.4 Å². The lowest BCUT2D eigenvalue weighted by Crippen LogP contribution is -2.35. The third-order valence-corrected chi connectivity index (χ3v) is 6.20. The van der Waals surface area contributed by atoms with Gasteiger partial charge < -0.3 is 19.3 Å². The van der Waals surface area contributed by atoms with Gasteiger partial charge in [0, 0.05) is 22.3 Å². The second-order valence-corrected chi connectivity index (χ2v) is 8.86. The molecule has 0 amide bonds. The summed E-state index contributed by atoms with van der Waals surface area (Å²) in [7, 11) is 0. The van der Waals surface area contributed by atoms with Gasteiger partial charge >= 0.3 is 0 Å². The molecule has 3 heterocycles. The average Bonchev–Trinajstić information content (AvgIpc) is 3.61. The third-order valence-electron chi connectivity index (χ3n) is 5.65. The maximum Gasteiger partial charge on any atom is 0.217 e. The van der Waals surface area contributed by atoms with Crippen molar-refractivity contribution in [2.45, 2.75) is 25.0 Å². The second kappa shape index (κ2) is 10.3. The van der Waals surface area contributed by atoms with Crippen molar-refractivity contribution in [2.24, 2.45) is 0 Å². The highest BCUT2D eigenvalue weighted by Crippen LogP contribution is 2.40.